The van der Waals surface area contributed by atoms with Crippen LogP contribution in [0.1, 0.15) is 42.5 Å². The van der Waals surface area contributed by atoms with Crippen LogP contribution in [0.4, 0.5) is 0 Å². The second-order valence-corrected chi connectivity index (χ2v) is 6.81. The summed E-state index contributed by atoms with van der Waals surface area (Å²) in [5.41, 5.74) is 0. The van der Waals surface area contributed by atoms with Gasteiger partial charge < -0.3 is 24.1 Å². The Bertz CT molecular complexity index is 811. The van der Waals surface area contributed by atoms with Crippen molar-refractivity contribution in [3.05, 3.63) is 47.9 Å². The number of furan rings is 1. The Morgan fingerprint density at radius 3 is 2.64 bits per heavy atom. The summed E-state index contributed by atoms with van der Waals surface area (Å²) >= 11 is 0. The van der Waals surface area contributed by atoms with E-state index >= 15 is 0 Å². The van der Waals surface area contributed by atoms with Crippen LogP contribution in [0.5, 0.6) is 11.5 Å². The summed E-state index contributed by atoms with van der Waals surface area (Å²) in [4.78, 5) is 26.6. The standard InChI is InChI=1S/C21H26N2O5/c1-15(21(25)23-11-4-3-5-12-23)22-20(24)19-10-9-18(28-19)14-27-17-8-6-7-16(13-17)26-2/h6-10,13,15H,3-5,11-12,14H2,1-2H3,(H,22,24). The highest BCUT2D eigenvalue weighted by Gasteiger charge is 2.24. The number of carbonyl (C=O) groups is 2. The minimum atomic E-state index is -0.591. The number of carbonyl (C=O) groups excluding carboxylic acids is 2. The van der Waals surface area contributed by atoms with Crippen molar-refractivity contribution in [3.8, 4) is 11.5 Å². The van der Waals surface area contributed by atoms with E-state index in [0.717, 1.165) is 32.4 Å². The molecule has 1 N–H and O–H groups in total. The first-order chi connectivity index (χ1) is 13.6. The molecule has 1 unspecified atom stereocenters. The largest absolute Gasteiger partial charge is 0.497 e. The fourth-order valence-electron chi connectivity index (χ4n) is 3.14. The first-order valence-corrected chi connectivity index (χ1v) is 9.52. The maximum atomic E-state index is 12.4. The van der Waals surface area contributed by atoms with Gasteiger partial charge in [-0.25, -0.2) is 0 Å². The first-order valence-electron chi connectivity index (χ1n) is 9.52. The molecule has 2 heterocycles. The zero-order chi connectivity index (χ0) is 19.9. The van der Waals surface area contributed by atoms with Crippen molar-refractivity contribution in [1.29, 1.82) is 0 Å². The normalized spacial score (nSPS) is 15.0. The number of hydrogen-bond acceptors (Lipinski definition) is 5. The summed E-state index contributed by atoms with van der Waals surface area (Å²) in [5.74, 6) is 1.55. The molecule has 1 saturated heterocycles. The molecule has 7 nitrogen and oxygen atoms in total. The van der Waals surface area contributed by atoms with E-state index in [9.17, 15) is 9.59 Å². The molecule has 7 heteroatoms. The van der Waals surface area contributed by atoms with Crippen molar-refractivity contribution >= 4 is 11.8 Å². The number of ether oxygens (including phenoxy) is 2. The molecule has 0 aliphatic carbocycles. The molecule has 0 saturated carbocycles. The Kier molecular flexibility index (Phi) is 6.57. The smallest absolute Gasteiger partial charge is 0.287 e. The van der Waals surface area contributed by atoms with Gasteiger partial charge in [0, 0.05) is 19.2 Å². The van der Waals surface area contributed by atoms with Crippen molar-refractivity contribution in [2.24, 2.45) is 0 Å². The Morgan fingerprint density at radius 2 is 1.89 bits per heavy atom. The van der Waals surface area contributed by atoms with Crippen LogP contribution < -0.4 is 14.8 Å². The lowest BCUT2D eigenvalue weighted by Crippen LogP contribution is -2.48. The minimum Gasteiger partial charge on any atom is -0.497 e. The summed E-state index contributed by atoms with van der Waals surface area (Å²) in [5, 5.41) is 2.71. The third-order valence-electron chi connectivity index (χ3n) is 4.69. The van der Waals surface area contributed by atoms with E-state index in [1.165, 1.54) is 0 Å². The second kappa shape index (κ2) is 9.30. The summed E-state index contributed by atoms with van der Waals surface area (Å²) in [7, 11) is 1.59. The van der Waals surface area contributed by atoms with Crippen LogP contribution in [-0.4, -0.2) is 43.0 Å². The van der Waals surface area contributed by atoms with Gasteiger partial charge in [-0.2, -0.15) is 0 Å². The van der Waals surface area contributed by atoms with Crippen molar-refractivity contribution in [1.82, 2.24) is 10.2 Å². The second-order valence-electron chi connectivity index (χ2n) is 6.81. The number of benzene rings is 1. The number of rotatable bonds is 7. The molecule has 28 heavy (non-hydrogen) atoms. The SMILES string of the molecule is COc1cccc(OCc2ccc(C(=O)NC(C)C(=O)N3CCCCC3)o2)c1. The van der Waals surface area contributed by atoms with Gasteiger partial charge in [-0.15, -0.1) is 0 Å². The van der Waals surface area contributed by atoms with Gasteiger partial charge in [-0.3, -0.25) is 9.59 Å². The predicted octanol–water partition coefficient (Wildman–Crippen LogP) is 3.00. The Balaban J connectivity index is 1.52. The van der Waals surface area contributed by atoms with Gasteiger partial charge in [-0.1, -0.05) is 6.07 Å². The zero-order valence-electron chi connectivity index (χ0n) is 16.3. The molecule has 1 aromatic carbocycles. The van der Waals surface area contributed by atoms with Gasteiger partial charge in [0.25, 0.3) is 5.91 Å². The predicted molar refractivity (Wildman–Crippen MR) is 103 cm³/mol. The molecule has 1 aromatic heterocycles. The van der Waals surface area contributed by atoms with Crippen molar-refractivity contribution in [2.45, 2.75) is 38.8 Å². The van der Waals surface area contributed by atoms with Gasteiger partial charge in [-0.05, 0) is 50.5 Å². The maximum absolute atomic E-state index is 12.4. The topological polar surface area (TPSA) is 81.0 Å². The average molecular weight is 386 g/mol. The van der Waals surface area contributed by atoms with E-state index in [1.807, 2.05) is 23.1 Å². The summed E-state index contributed by atoms with van der Waals surface area (Å²) in [6.07, 6.45) is 3.18. The number of methoxy groups -OCH3 is 1. The highest BCUT2D eigenvalue weighted by Crippen LogP contribution is 2.20. The van der Waals surface area contributed by atoms with E-state index in [4.69, 9.17) is 13.9 Å². The number of nitrogens with zero attached hydrogens (tertiary/aromatic N) is 1. The molecule has 1 atom stereocenters. The summed E-state index contributed by atoms with van der Waals surface area (Å²) in [6, 6.07) is 9.92. The van der Waals surface area contributed by atoms with Gasteiger partial charge >= 0.3 is 0 Å². The van der Waals surface area contributed by atoms with Crippen molar-refractivity contribution in [3.63, 3.8) is 0 Å². The number of piperidine rings is 1. The highest BCUT2D eigenvalue weighted by atomic mass is 16.5. The maximum Gasteiger partial charge on any atom is 0.287 e. The quantitative estimate of drug-likeness (QED) is 0.791. The number of amides is 2. The summed E-state index contributed by atoms with van der Waals surface area (Å²) in [6.45, 7) is 3.39. The van der Waals surface area contributed by atoms with E-state index in [-0.39, 0.29) is 18.3 Å². The number of nitrogens with one attached hydrogen (secondary N) is 1. The molecule has 2 aromatic rings. The van der Waals surface area contributed by atoms with E-state index in [0.29, 0.717) is 17.3 Å². The van der Waals surface area contributed by atoms with Crippen LogP contribution in [0.2, 0.25) is 0 Å². The van der Waals surface area contributed by atoms with Gasteiger partial charge in [0.05, 0.1) is 7.11 Å². The lowest BCUT2D eigenvalue weighted by molar-refractivity contribution is -0.133. The molecule has 1 aliphatic rings. The lowest BCUT2D eigenvalue weighted by atomic mass is 10.1. The monoisotopic (exact) mass is 386 g/mol. The molecule has 1 aliphatic heterocycles. The lowest BCUT2D eigenvalue weighted by Gasteiger charge is -2.29. The van der Waals surface area contributed by atoms with Gasteiger partial charge in [0.2, 0.25) is 5.91 Å². The zero-order valence-corrected chi connectivity index (χ0v) is 16.3. The van der Waals surface area contributed by atoms with Crippen LogP contribution in [0.15, 0.2) is 40.8 Å². The van der Waals surface area contributed by atoms with Crippen LogP contribution >= 0.6 is 0 Å². The minimum absolute atomic E-state index is 0.0545. The molecule has 0 spiro atoms. The fourth-order valence-corrected chi connectivity index (χ4v) is 3.14. The molecule has 0 radical (unpaired) electrons. The van der Waals surface area contributed by atoms with Crippen LogP contribution in [-0.2, 0) is 11.4 Å². The van der Waals surface area contributed by atoms with Gasteiger partial charge in [0.1, 0.15) is 29.9 Å². The third-order valence-corrected chi connectivity index (χ3v) is 4.69. The highest BCUT2D eigenvalue weighted by molar-refractivity contribution is 5.95. The van der Waals surface area contributed by atoms with E-state index < -0.39 is 11.9 Å². The summed E-state index contributed by atoms with van der Waals surface area (Å²) < 4.78 is 16.4. The molecule has 2 amide bonds. The number of hydrogen-bond donors (Lipinski definition) is 1. The van der Waals surface area contributed by atoms with Crippen molar-refractivity contribution in [2.75, 3.05) is 20.2 Å². The fraction of sp³-hybridized carbons (Fsp3) is 0.429. The Labute approximate surface area is 164 Å². The average Bonchev–Trinajstić information content (AvgIpc) is 3.21. The molecule has 1 fully saturated rings. The molecule has 0 bridgehead atoms. The molecular formula is C21H26N2O5. The van der Waals surface area contributed by atoms with E-state index in [2.05, 4.69) is 5.32 Å². The third kappa shape index (κ3) is 5.06. The molecule has 3 rings (SSSR count). The first kappa shape index (κ1) is 19.8. The molecule has 150 valence electrons. The van der Waals surface area contributed by atoms with Gasteiger partial charge in [0.15, 0.2) is 5.76 Å². The van der Waals surface area contributed by atoms with Crippen LogP contribution in [0.25, 0.3) is 0 Å². The Morgan fingerprint density at radius 1 is 1.14 bits per heavy atom. The Hall–Kier alpha value is -2.96. The molecular weight excluding hydrogens is 360 g/mol. The van der Waals surface area contributed by atoms with Crippen LogP contribution in [0, 0.1) is 0 Å². The number of likely N-dealkylation sites (tertiary alicyclic amines) is 1. The van der Waals surface area contributed by atoms with E-state index in [1.54, 1.807) is 32.2 Å². The van der Waals surface area contributed by atoms with Crippen molar-refractivity contribution < 1.29 is 23.5 Å². The van der Waals surface area contributed by atoms with Crippen LogP contribution in [0.3, 0.4) is 0 Å².